The summed E-state index contributed by atoms with van der Waals surface area (Å²) in [5.41, 5.74) is 1.90. The third kappa shape index (κ3) is 5.62. The Morgan fingerprint density at radius 3 is 2.79 bits per heavy atom. The van der Waals surface area contributed by atoms with Crippen LogP contribution in [0.15, 0.2) is 57.8 Å². The second-order valence-electron chi connectivity index (χ2n) is 7.64. The summed E-state index contributed by atoms with van der Waals surface area (Å²) in [6.45, 7) is 3.22. The van der Waals surface area contributed by atoms with Crippen molar-refractivity contribution in [3.63, 3.8) is 0 Å². The number of rotatable bonds is 10. The van der Waals surface area contributed by atoms with E-state index in [2.05, 4.69) is 44.0 Å². The minimum atomic E-state index is -0.216. The summed E-state index contributed by atoms with van der Waals surface area (Å²) in [5, 5.41) is 18.1. The van der Waals surface area contributed by atoms with Gasteiger partial charge < -0.3 is 15.2 Å². The highest BCUT2D eigenvalue weighted by Crippen LogP contribution is 2.18. The van der Waals surface area contributed by atoms with E-state index in [0.717, 1.165) is 17.4 Å². The van der Waals surface area contributed by atoms with Gasteiger partial charge in [-0.1, -0.05) is 48.5 Å². The number of aromatic amines is 1. The lowest BCUT2D eigenvalue weighted by atomic mass is 10.1. The molecule has 0 bridgehead atoms. The molecule has 0 aliphatic heterocycles. The van der Waals surface area contributed by atoms with E-state index in [4.69, 9.17) is 4.52 Å². The number of carbonyl (C=O) groups excluding carboxylic acids is 1. The summed E-state index contributed by atoms with van der Waals surface area (Å²) in [6.07, 6.45) is 2.31. The quantitative estimate of drug-likeness (QED) is 0.320. The molecule has 1 amide bonds. The van der Waals surface area contributed by atoms with E-state index in [9.17, 15) is 9.59 Å². The van der Waals surface area contributed by atoms with Gasteiger partial charge >= 0.3 is 0 Å². The molecule has 0 atom stereocenters. The number of anilines is 1. The van der Waals surface area contributed by atoms with Crippen LogP contribution in [-0.4, -0.2) is 39.3 Å². The van der Waals surface area contributed by atoms with Gasteiger partial charge in [0.2, 0.25) is 17.6 Å². The standard InChI is InChI=1S/C24H26N6O3/c1-2-16-7-5-8-17(15-16)22-27-21(33-30-22)12-11-20(31)25-13-6-14-26-23-18-9-3-4-10-19(18)24(32)29-28-23/h3-5,7-10,15H,2,6,11-14H2,1H3,(H,25,31)(H,26,28)(H,29,32). The van der Waals surface area contributed by atoms with E-state index in [-0.39, 0.29) is 17.9 Å². The average Bonchev–Trinajstić information content (AvgIpc) is 3.33. The number of hydrogen-bond donors (Lipinski definition) is 3. The van der Waals surface area contributed by atoms with Gasteiger partial charge in [0.15, 0.2) is 5.82 Å². The van der Waals surface area contributed by atoms with Crippen LogP contribution >= 0.6 is 0 Å². The Labute approximate surface area is 190 Å². The zero-order chi connectivity index (χ0) is 23.0. The first-order valence-electron chi connectivity index (χ1n) is 11.0. The number of benzene rings is 2. The fourth-order valence-corrected chi connectivity index (χ4v) is 3.49. The minimum absolute atomic E-state index is 0.0738. The van der Waals surface area contributed by atoms with Crippen molar-refractivity contribution in [2.24, 2.45) is 0 Å². The van der Waals surface area contributed by atoms with Gasteiger partial charge in [-0.05, 0) is 30.5 Å². The number of nitrogens with zero attached hydrogens (tertiary/aromatic N) is 3. The molecule has 0 aliphatic carbocycles. The molecule has 4 rings (SSSR count). The van der Waals surface area contributed by atoms with Gasteiger partial charge in [0.05, 0.1) is 5.39 Å². The summed E-state index contributed by atoms with van der Waals surface area (Å²) < 4.78 is 5.30. The maximum absolute atomic E-state index is 12.1. The Morgan fingerprint density at radius 2 is 1.94 bits per heavy atom. The molecular weight excluding hydrogens is 420 g/mol. The summed E-state index contributed by atoms with van der Waals surface area (Å²) in [5.74, 6) is 1.53. The van der Waals surface area contributed by atoms with Crippen LogP contribution in [0.2, 0.25) is 0 Å². The van der Waals surface area contributed by atoms with Crippen LogP contribution in [0.3, 0.4) is 0 Å². The molecule has 0 aliphatic rings. The Balaban J connectivity index is 1.19. The molecule has 0 saturated heterocycles. The van der Waals surface area contributed by atoms with Crippen molar-refractivity contribution in [2.75, 3.05) is 18.4 Å². The molecule has 3 N–H and O–H groups in total. The fraction of sp³-hybridized carbons (Fsp3) is 0.292. The molecule has 0 fully saturated rings. The summed E-state index contributed by atoms with van der Waals surface area (Å²) in [7, 11) is 0. The molecule has 9 heteroatoms. The zero-order valence-electron chi connectivity index (χ0n) is 18.4. The number of carbonyl (C=O) groups is 1. The van der Waals surface area contributed by atoms with Crippen LogP contribution in [0.25, 0.3) is 22.2 Å². The normalized spacial score (nSPS) is 10.9. The van der Waals surface area contributed by atoms with Crippen LogP contribution in [0.5, 0.6) is 0 Å². The number of aromatic nitrogens is 4. The van der Waals surface area contributed by atoms with Gasteiger partial charge in [0.1, 0.15) is 0 Å². The monoisotopic (exact) mass is 446 g/mol. The summed E-state index contributed by atoms with van der Waals surface area (Å²) >= 11 is 0. The second-order valence-corrected chi connectivity index (χ2v) is 7.64. The molecule has 33 heavy (non-hydrogen) atoms. The maximum Gasteiger partial charge on any atom is 0.272 e. The zero-order valence-corrected chi connectivity index (χ0v) is 18.4. The molecular formula is C24H26N6O3. The summed E-state index contributed by atoms with van der Waals surface area (Å²) in [4.78, 5) is 28.4. The smallest absolute Gasteiger partial charge is 0.272 e. The molecule has 0 spiro atoms. The lowest BCUT2D eigenvalue weighted by Crippen LogP contribution is -2.26. The average molecular weight is 447 g/mol. The first kappa shape index (κ1) is 22.2. The minimum Gasteiger partial charge on any atom is -0.368 e. The Hall–Kier alpha value is -4.01. The van der Waals surface area contributed by atoms with Crippen LogP contribution in [0, 0.1) is 0 Å². The molecule has 9 nitrogen and oxygen atoms in total. The molecule has 2 aromatic carbocycles. The van der Waals surface area contributed by atoms with Crippen molar-refractivity contribution in [1.82, 2.24) is 25.7 Å². The van der Waals surface area contributed by atoms with Gasteiger partial charge in [-0.3, -0.25) is 9.59 Å². The number of aryl methyl sites for hydroxylation is 2. The SMILES string of the molecule is CCc1cccc(-c2noc(CCC(=O)NCCCNc3n[nH]c(=O)c4ccccc34)n2)c1. The second kappa shape index (κ2) is 10.5. The lowest BCUT2D eigenvalue weighted by Gasteiger charge is -2.08. The van der Waals surface area contributed by atoms with Gasteiger partial charge in [-0.25, -0.2) is 5.10 Å². The van der Waals surface area contributed by atoms with Crippen LogP contribution in [-0.2, 0) is 17.6 Å². The molecule has 0 radical (unpaired) electrons. The number of nitrogens with one attached hydrogen (secondary N) is 3. The maximum atomic E-state index is 12.1. The third-order valence-corrected chi connectivity index (χ3v) is 5.29. The van der Waals surface area contributed by atoms with Gasteiger partial charge in [-0.15, -0.1) is 0 Å². The topological polar surface area (TPSA) is 126 Å². The van der Waals surface area contributed by atoms with Crippen molar-refractivity contribution in [3.05, 3.63) is 70.3 Å². The molecule has 2 aromatic heterocycles. The number of H-pyrrole nitrogens is 1. The number of hydrogen-bond acceptors (Lipinski definition) is 7. The fourth-order valence-electron chi connectivity index (χ4n) is 3.49. The highest BCUT2D eigenvalue weighted by Gasteiger charge is 2.11. The molecule has 2 heterocycles. The first-order chi connectivity index (χ1) is 16.1. The van der Waals surface area contributed by atoms with E-state index in [1.54, 1.807) is 6.07 Å². The van der Waals surface area contributed by atoms with E-state index in [1.165, 1.54) is 5.56 Å². The first-order valence-corrected chi connectivity index (χ1v) is 11.0. The van der Waals surface area contributed by atoms with Crippen LogP contribution < -0.4 is 16.2 Å². The Kier molecular flexibility index (Phi) is 7.09. The largest absolute Gasteiger partial charge is 0.368 e. The van der Waals surface area contributed by atoms with Gasteiger partial charge in [-0.2, -0.15) is 10.1 Å². The van der Waals surface area contributed by atoms with Gasteiger partial charge in [0, 0.05) is 36.9 Å². The summed E-state index contributed by atoms with van der Waals surface area (Å²) in [6, 6.07) is 15.3. The van der Waals surface area contributed by atoms with E-state index in [1.807, 2.05) is 36.4 Å². The van der Waals surface area contributed by atoms with E-state index in [0.29, 0.717) is 48.9 Å². The molecule has 0 saturated carbocycles. The van der Waals surface area contributed by atoms with Crippen molar-refractivity contribution >= 4 is 22.5 Å². The predicted octanol–water partition coefficient (Wildman–Crippen LogP) is 3.09. The Bertz CT molecular complexity index is 1300. The van der Waals surface area contributed by atoms with Crippen molar-refractivity contribution < 1.29 is 9.32 Å². The molecule has 4 aromatic rings. The highest BCUT2D eigenvalue weighted by atomic mass is 16.5. The number of fused-ring (bicyclic) bond motifs is 1. The third-order valence-electron chi connectivity index (χ3n) is 5.29. The molecule has 0 unspecified atom stereocenters. The highest BCUT2D eigenvalue weighted by molar-refractivity contribution is 5.90. The van der Waals surface area contributed by atoms with Crippen molar-refractivity contribution in [3.8, 4) is 11.4 Å². The lowest BCUT2D eigenvalue weighted by molar-refractivity contribution is -0.121. The predicted molar refractivity (Wildman–Crippen MR) is 126 cm³/mol. The van der Waals surface area contributed by atoms with Crippen LogP contribution in [0.1, 0.15) is 31.2 Å². The van der Waals surface area contributed by atoms with E-state index < -0.39 is 0 Å². The van der Waals surface area contributed by atoms with Crippen LogP contribution in [0.4, 0.5) is 5.82 Å². The van der Waals surface area contributed by atoms with Crippen molar-refractivity contribution in [1.29, 1.82) is 0 Å². The van der Waals surface area contributed by atoms with E-state index >= 15 is 0 Å². The number of amides is 1. The Morgan fingerprint density at radius 1 is 1.09 bits per heavy atom. The van der Waals surface area contributed by atoms with Crippen molar-refractivity contribution in [2.45, 2.75) is 32.6 Å². The van der Waals surface area contributed by atoms with Gasteiger partial charge in [0.25, 0.3) is 5.56 Å². The molecule has 170 valence electrons.